The van der Waals surface area contributed by atoms with Crippen molar-refractivity contribution < 1.29 is 4.79 Å². The fourth-order valence-electron chi connectivity index (χ4n) is 1.99. The predicted octanol–water partition coefficient (Wildman–Crippen LogP) is 3.18. The van der Waals surface area contributed by atoms with Crippen molar-refractivity contribution in [1.29, 1.82) is 5.26 Å². The Morgan fingerprint density at radius 3 is 2.72 bits per heavy atom. The van der Waals surface area contributed by atoms with Gasteiger partial charge in [-0.1, -0.05) is 25.5 Å². The van der Waals surface area contributed by atoms with Crippen LogP contribution in [0.3, 0.4) is 0 Å². The number of aryl methyl sites for hydroxylation is 1. The van der Waals surface area contributed by atoms with Crippen LogP contribution in [0, 0.1) is 24.2 Å². The molecule has 96 valence electrons. The smallest absolute Gasteiger partial charge is 0.152 e. The van der Waals surface area contributed by atoms with Crippen molar-refractivity contribution in [1.82, 2.24) is 0 Å². The normalized spacial score (nSPS) is 10.2. The first-order chi connectivity index (χ1) is 8.58. The molecule has 0 aliphatic rings. The zero-order valence-electron chi connectivity index (χ0n) is 11.3. The molecular weight excluding hydrogens is 224 g/mol. The predicted molar refractivity (Wildman–Crippen MR) is 73.8 cm³/mol. The van der Waals surface area contributed by atoms with E-state index in [2.05, 4.69) is 24.8 Å². The van der Waals surface area contributed by atoms with Gasteiger partial charge in [0.2, 0.25) is 0 Å². The minimum atomic E-state index is 0.471. The van der Waals surface area contributed by atoms with Gasteiger partial charge in [-0.05, 0) is 25.0 Å². The summed E-state index contributed by atoms with van der Waals surface area (Å²) in [6, 6.07) is 8.02. The first-order valence-electron chi connectivity index (χ1n) is 6.26. The van der Waals surface area contributed by atoms with Crippen LogP contribution in [0.25, 0.3) is 0 Å². The average molecular weight is 244 g/mol. The molecule has 3 heteroatoms. The Labute approximate surface area is 109 Å². The van der Waals surface area contributed by atoms with E-state index in [4.69, 9.17) is 5.26 Å². The van der Waals surface area contributed by atoms with E-state index in [0.29, 0.717) is 24.4 Å². The SMILES string of the molecule is Cc1ccc(N(CCC#N)CC(C)C)c(C=O)c1. The molecular formula is C15H20N2O. The van der Waals surface area contributed by atoms with Gasteiger partial charge in [0.15, 0.2) is 6.29 Å². The minimum absolute atomic E-state index is 0.471. The molecule has 0 aromatic heterocycles. The molecule has 0 bridgehead atoms. The van der Waals surface area contributed by atoms with E-state index in [1.165, 1.54) is 0 Å². The number of anilines is 1. The van der Waals surface area contributed by atoms with Crippen LogP contribution in [0.5, 0.6) is 0 Å². The molecule has 18 heavy (non-hydrogen) atoms. The summed E-state index contributed by atoms with van der Waals surface area (Å²) in [5, 5.41) is 8.72. The van der Waals surface area contributed by atoms with Crippen molar-refractivity contribution in [2.24, 2.45) is 5.92 Å². The van der Waals surface area contributed by atoms with Crippen LogP contribution < -0.4 is 4.90 Å². The lowest BCUT2D eigenvalue weighted by molar-refractivity contribution is 0.112. The van der Waals surface area contributed by atoms with E-state index in [-0.39, 0.29) is 0 Å². The lowest BCUT2D eigenvalue weighted by atomic mass is 10.1. The Morgan fingerprint density at radius 1 is 1.44 bits per heavy atom. The van der Waals surface area contributed by atoms with Gasteiger partial charge >= 0.3 is 0 Å². The van der Waals surface area contributed by atoms with Crippen LogP contribution in [0.1, 0.15) is 36.2 Å². The summed E-state index contributed by atoms with van der Waals surface area (Å²) in [4.78, 5) is 13.3. The standard InChI is InChI=1S/C15H20N2O/c1-12(2)10-17(8-4-7-16)15-6-5-13(3)9-14(15)11-18/h5-6,9,11-12H,4,8,10H2,1-3H3. The van der Waals surface area contributed by atoms with Crippen LogP contribution in [-0.2, 0) is 0 Å². The van der Waals surface area contributed by atoms with Gasteiger partial charge in [0.05, 0.1) is 12.5 Å². The van der Waals surface area contributed by atoms with Gasteiger partial charge in [0.25, 0.3) is 0 Å². The molecule has 0 saturated heterocycles. The van der Waals surface area contributed by atoms with Crippen molar-refractivity contribution in [3.63, 3.8) is 0 Å². The third-order valence-corrected chi connectivity index (χ3v) is 2.73. The second kappa shape index (κ2) is 6.80. The number of benzene rings is 1. The van der Waals surface area contributed by atoms with E-state index in [1.807, 2.05) is 25.1 Å². The third-order valence-electron chi connectivity index (χ3n) is 2.73. The molecule has 0 heterocycles. The molecule has 0 amide bonds. The quantitative estimate of drug-likeness (QED) is 0.722. The zero-order valence-corrected chi connectivity index (χ0v) is 11.3. The van der Waals surface area contributed by atoms with Crippen LogP contribution >= 0.6 is 0 Å². The van der Waals surface area contributed by atoms with Crippen molar-refractivity contribution in [3.05, 3.63) is 29.3 Å². The maximum Gasteiger partial charge on any atom is 0.152 e. The second-order valence-electron chi connectivity index (χ2n) is 4.93. The zero-order chi connectivity index (χ0) is 13.5. The van der Waals surface area contributed by atoms with Crippen LogP contribution in [0.4, 0.5) is 5.69 Å². The van der Waals surface area contributed by atoms with Crippen LogP contribution in [0.15, 0.2) is 18.2 Å². The first-order valence-corrected chi connectivity index (χ1v) is 6.26. The summed E-state index contributed by atoms with van der Waals surface area (Å²) >= 11 is 0. The van der Waals surface area contributed by atoms with Gasteiger partial charge in [-0.3, -0.25) is 4.79 Å². The molecule has 0 spiro atoms. The van der Waals surface area contributed by atoms with E-state index >= 15 is 0 Å². The summed E-state index contributed by atoms with van der Waals surface area (Å²) in [5.74, 6) is 0.490. The second-order valence-corrected chi connectivity index (χ2v) is 4.93. The number of hydrogen-bond acceptors (Lipinski definition) is 3. The van der Waals surface area contributed by atoms with E-state index in [9.17, 15) is 4.79 Å². The Morgan fingerprint density at radius 2 is 2.17 bits per heavy atom. The maximum atomic E-state index is 11.2. The van der Waals surface area contributed by atoms with Gasteiger partial charge in [-0.2, -0.15) is 5.26 Å². The monoisotopic (exact) mass is 244 g/mol. The molecule has 3 nitrogen and oxygen atoms in total. The van der Waals surface area contributed by atoms with E-state index in [1.54, 1.807) is 0 Å². The summed E-state index contributed by atoms with van der Waals surface area (Å²) < 4.78 is 0. The van der Waals surface area contributed by atoms with E-state index < -0.39 is 0 Å². The van der Waals surface area contributed by atoms with Gasteiger partial charge in [0.1, 0.15) is 0 Å². The number of hydrogen-bond donors (Lipinski definition) is 0. The van der Waals surface area contributed by atoms with E-state index in [0.717, 1.165) is 24.1 Å². The minimum Gasteiger partial charge on any atom is -0.370 e. The molecule has 0 aliphatic carbocycles. The number of nitriles is 1. The van der Waals surface area contributed by atoms with Gasteiger partial charge in [-0.15, -0.1) is 0 Å². The Balaban J connectivity index is 3.03. The molecule has 1 aromatic rings. The number of aldehydes is 1. The van der Waals surface area contributed by atoms with Crippen molar-refractivity contribution in [3.8, 4) is 6.07 Å². The Kier molecular flexibility index (Phi) is 5.38. The molecule has 0 saturated carbocycles. The first kappa shape index (κ1) is 14.2. The molecule has 1 rings (SSSR count). The topological polar surface area (TPSA) is 44.1 Å². The highest BCUT2D eigenvalue weighted by molar-refractivity contribution is 5.85. The lowest BCUT2D eigenvalue weighted by Crippen LogP contribution is -2.29. The Bertz CT molecular complexity index is 446. The highest BCUT2D eigenvalue weighted by Crippen LogP contribution is 2.22. The number of nitrogens with zero attached hydrogens (tertiary/aromatic N) is 2. The molecule has 0 unspecified atom stereocenters. The highest BCUT2D eigenvalue weighted by Gasteiger charge is 2.12. The maximum absolute atomic E-state index is 11.2. The van der Waals surface area contributed by atoms with Crippen LogP contribution in [-0.4, -0.2) is 19.4 Å². The van der Waals surface area contributed by atoms with Crippen molar-refractivity contribution in [2.45, 2.75) is 27.2 Å². The molecule has 0 atom stereocenters. The van der Waals surface area contributed by atoms with Gasteiger partial charge in [0, 0.05) is 24.3 Å². The molecule has 0 aliphatic heterocycles. The Hall–Kier alpha value is -1.82. The molecule has 0 radical (unpaired) electrons. The van der Waals surface area contributed by atoms with Gasteiger partial charge < -0.3 is 4.90 Å². The highest BCUT2D eigenvalue weighted by atomic mass is 16.1. The third kappa shape index (κ3) is 3.89. The number of carbonyl (C=O) groups is 1. The fourth-order valence-corrected chi connectivity index (χ4v) is 1.99. The largest absolute Gasteiger partial charge is 0.370 e. The number of carbonyl (C=O) groups excluding carboxylic acids is 1. The summed E-state index contributed by atoms with van der Waals surface area (Å²) in [5.41, 5.74) is 2.71. The molecule has 1 aromatic carbocycles. The number of rotatable bonds is 6. The fraction of sp³-hybridized carbons (Fsp3) is 0.467. The van der Waals surface area contributed by atoms with Crippen molar-refractivity contribution in [2.75, 3.05) is 18.0 Å². The van der Waals surface area contributed by atoms with Gasteiger partial charge in [-0.25, -0.2) is 0 Å². The summed E-state index contributed by atoms with van der Waals surface area (Å²) in [6.07, 6.45) is 1.36. The summed E-state index contributed by atoms with van der Waals surface area (Å²) in [7, 11) is 0. The van der Waals surface area contributed by atoms with Crippen molar-refractivity contribution >= 4 is 12.0 Å². The molecule has 0 fully saturated rings. The molecule has 0 N–H and O–H groups in total. The summed E-state index contributed by atoms with van der Waals surface area (Å²) in [6.45, 7) is 7.76. The lowest BCUT2D eigenvalue weighted by Gasteiger charge is -2.27. The van der Waals surface area contributed by atoms with Crippen LogP contribution in [0.2, 0.25) is 0 Å². The average Bonchev–Trinajstić information content (AvgIpc) is 2.34.